The zero-order valence-electron chi connectivity index (χ0n) is 14.4. The van der Waals surface area contributed by atoms with Crippen LogP contribution >= 0.6 is 0 Å². The highest BCUT2D eigenvalue weighted by Gasteiger charge is 2.27. The monoisotopic (exact) mass is 318 g/mol. The van der Waals surface area contributed by atoms with Gasteiger partial charge >= 0.3 is 6.09 Å². The summed E-state index contributed by atoms with van der Waals surface area (Å²) in [4.78, 5) is 25.4. The summed E-state index contributed by atoms with van der Waals surface area (Å²) in [6.45, 7) is 7.05. The molecule has 5 heteroatoms. The smallest absolute Gasteiger partial charge is 0.410 e. The van der Waals surface area contributed by atoms with E-state index in [1.807, 2.05) is 45.0 Å². The Morgan fingerprint density at radius 2 is 1.70 bits per heavy atom. The molecule has 0 radical (unpaired) electrons. The van der Waals surface area contributed by atoms with E-state index in [-0.39, 0.29) is 12.0 Å². The molecule has 1 fully saturated rings. The molecule has 126 valence electrons. The molecule has 0 atom stereocenters. The third-order valence-corrected chi connectivity index (χ3v) is 4.02. The molecule has 1 aromatic carbocycles. The predicted molar refractivity (Wildman–Crippen MR) is 89.6 cm³/mol. The number of hydrogen-bond donors (Lipinski definition) is 1. The van der Waals surface area contributed by atoms with Crippen molar-refractivity contribution in [2.24, 2.45) is 0 Å². The van der Waals surface area contributed by atoms with Crippen LogP contribution in [-0.4, -0.2) is 42.6 Å². The van der Waals surface area contributed by atoms with Crippen molar-refractivity contribution in [3.05, 3.63) is 35.4 Å². The molecule has 0 saturated carbocycles. The van der Waals surface area contributed by atoms with E-state index in [4.69, 9.17) is 4.74 Å². The van der Waals surface area contributed by atoms with Crippen molar-refractivity contribution in [1.29, 1.82) is 0 Å². The molecule has 1 aliphatic heterocycles. The minimum atomic E-state index is -0.455. The van der Waals surface area contributed by atoms with Crippen LogP contribution in [0, 0.1) is 0 Å². The molecule has 0 aliphatic carbocycles. The maximum absolute atomic E-state index is 12.1. The number of nitrogens with one attached hydrogen (secondary N) is 1. The Morgan fingerprint density at radius 1 is 1.13 bits per heavy atom. The van der Waals surface area contributed by atoms with Gasteiger partial charge in [-0.15, -0.1) is 0 Å². The SMILES string of the molecule is CNC(=O)c1ccc(C2CCN(C(=O)OC(C)(C)C)CC2)cc1. The number of likely N-dealkylation sites (tertiary alicyclic amines) is 1. The first-order valence-corrected chi connectivity index (χ1v) is 8.10. The van der Waals surface area contributed by atoms with E-state index in [1.165, 1.54) is 5.56 Å². The summed E-state index contributed by atoms with van der Waals surface area (Å²) >= 11 is 0. The molecule has 23 heavy (non-hydrogen) atoms. The fourth-order valence-corrected chi connectivity index (χ4v) is 2.77. The maximum atomic E-state index is 12.1. The fourth-order valence-electron chi connectivity index (χ4n) is 2.77. The van der Waals surface area contributed by atoms with E-state index >= 15 is 0 Å². The number of nitrogens with zero attached hydrogens (tertiary/aromatic N) is 1. The number of piperidine rings is 1. The molecule has 2 amide bonds. The van der Waals surface area contributed by atoms with Crippen LogP contribution < -0.4 is 5.32 Å². The first kappa shape index (κ1) is 17.3. The fraction of sp³-hybridized carbons (Fsp3) is 0.556. The first-order valence-electron chi connectivity index (χ1n) is 8.10. The molecule has 0 unspecified atom stereocenters. The van der Waals surface area contributed by atoms with Crippen molar-refractivity contribution in [1.82, 2.24) is 10.2 Å². The van der Waals surface area contributed by atoms with E-state index in [0.717, 1.165) is 12.8 Å². The number of ether oxygens (including phenoxy) is 1. The van der Waals surface area contributed by atoms with Gasteiger partial charge in [0, 0.05) is 25.7 Å². The topological polar surface area (TPSA) is 58.6 Å². The van der Waals surface area contributed by atoms with Gasteiger partial charge in [-0.3, -0.25) is 4.79 Å². The lowest BCUT2D eigenvalue weighted by Gasteiger charge is -2.33. The molecule has 2 rings (SSSR count). The van der Waals surface area contributed by atoms with E-state index in [9.17, 15) is 9.59 Å². The van der Waals surface area contributed by atoms with Gasteiger partial charge in [-0.2, -0.15) is 0 Å². The van der Waals surface area contributed by atoms with Gasteiger partial charge in [0.1, 0.15) is 5.60 Å². The summed E-state index contributed by atoms with van der Waals surface area (Å²) < 4.78 is 5.42. The van der Waals surface area contributed by atoms with Crippen LogP contribution in [0.1, 0.15) is 55.5 Å². The van der Waals surface area contributed by atoms with Crippen molar-refractivity contribution in [3.8, 4) is 0 Å². The minimum absolute atomic E-state index is 0.0729. The van der Waals surface area contributed by atoms with Crippen molar-refractivity contribution in [3.63, 3.8) is 0 Å². The molecule has 0 bridgehead atoms. The van der Waals surface area contributed by atoms with Gasteiger partial charge in [-0.1, -0.05) is 12.1 Å². The van der Waals surface area contributed by atoms with Crippen LogP contribution in [-0.2, 0) is 4.74 Å². The van der Waals surface area contributed by atoms with Crippen molar-refractivity contribution in [2.45, 2.75) is 45.1 Å². The average molecular weight is 318 g/mol. The molecule has 0 spiro atoms. The molecule has 1 saturated heterocycles. The van der Waals surface area contributed by atoms with E-state index in [0.29, 0.717) is 24.6 Å². The van der Waals surface area contributed by atoms with Crippen molar-refractivity contribution >= 4 is 12.0 Å². The van der Waals surface area contributed by atoms with Crippen LogP contribution in [0.4, 0.5) is 4.79 Å². The largest absolute Gasteiger partial charge is 0.444 e. The zero-order valence-corrected chi connectivity index (χ0v) is 14.4. The molecule has 1 aliphatic rings. The number of benzene rings is 1. The Balaban J connectivity index is 1.91. The van der Waals surface area contributed by atoms with E-state index in [1.54, 1.807) is 11.9 Å². The maximum Gasteiger partial charge on any atom is 0.410 e. The first-order chi connectivity index (χ1) is 10.8. The van der Waals surface area contributed by atoms with Crippen molar-refractivity contribution in [2.75, 3.05) is 20.1 Å². The normalized spacial score (nSPS) is 16.1. The quantitative estimate of drug-likeness (QED) is 0.911. The third-order valence-electron chi connectivity index (χ3n) is 4.02. The van der Waals surface area contributed by atoms with Gasteiger partial charge in [-0.25, -0.2) is 4.79 Å². The van der Waals surface area contributed by atoms with E-state index < -0.39 is 5.60 Å². The van der Waals surface area contributed by atoms with Crippen LogP contribution in [0.3, 0.4) is 0 Å². The Morgan fingerprint density at radius 3 is 2.17 bits per heavy atom. The second kappa shape index (κ2) is 7.02. The number of amides is 2. The van der Waals surface area contributed by atoms with Gasteiger partial charge in [0.05, 0.1) is 0 Å². The average Bonchev–Trinajstić information content (AvgIpc) is 2.53. The molecule has 0 aromatic heterocycles. The number of carbonyl (C=O) groups is 2. The van der Waals surface area contributed by atoms with Gasteiger partial charge in [0.25, 0.3) is 5.91 Å². The predicted octanol–water partition coefficient (Wildman–Crippen LogP) is 3.16. The summed E-state index contributed by atoms with van der Waals surface area (Å²) in [6, 6.07) is 7.74. The second-order valence-corrected chi connectivity index (χ2v) is 6.94. The second-order valence-electron chi connectivity index (χ2n) is 6.94. The summed E-state index contributed by atoms with van der Waals surface area (Å²) in [5.41, 5.74) is 1.44. The number of carbonyl (C=O) groups excluding carboxylic acids is 2. The number of hydrogen-bond acceptors (Lipinski definition) is 3. The minimum Gasteiger partial charge on any atom is -0.444 e. The van der Waals surface area contributed by atoms with Gasteiger partial charge in [0.15, 0.2) is 0 Å². The molecule has 1 N–H and O–H groups in total. The van der Waals surface area contributed by atoms with Crippen LogP contribution in [0.15, 0.2) is 24.3 Å². The molecule has 1 aromatic rings. The lowest BCUT2D eigenvalue weighted by molar-refractivity contribution is 0.0204. The summed E-state index contributed by atoms with van der Waals surface area (Å²) in [5, 5.41) is 2.62. The molecule has 1 heterocycles. The van der Waals surface area contributed by atoms with Crippen LogP contribution in [0.25, 0.3) is 0 Å². The summed E-state index contributed by atoms with van der Waals surface area (Å²) in [5.74, 6) is 0.351. The molecular formula is C18H26N2O3. The lowest BCUT2D eigenvalue weighted by Crippen LogP contribution is -2.41. The Bertz CT molecular complexity index is 553. The highest BCUT2D eigenvalue weighted by molar-refractivity contribution is 5.93. The van der Waals surface area contributed by atoms with Gasteiger partial charge in [-0.05, 0) is 57.2 Å². The van der Waals surface area contributed by atoms with Gasteiger partial charge < -0.3 is 15.0 Å². The lowest BCUT2D eigenvalue weighted by atomic mass is 9.89. The highest BCUT2D eigenvalue weighted by Crippen LogP contribution is 2.28. The Labute approximate surface area is 138 Å². The van der Waals surface area contributed by atoms with E-state index in [2.05, 4.69) is 5.32 Å². The number of rotatable bonds is 2. The molecular weight excluding hydrogens is 292 g/mol. The van der Waals surface area contributed by atoms with Crippen molar-refractivity contribution < 1.29 is 14.3 Å². The van der Waals surface area contributed by atoms with Crippen LogP contribution in [0.2, 0.25) is 0 Å². The Kier molecular flexibility index (Phi) is 5.29. The zero-order chi connectivity index (χ0) is 17.0. The third kappa shape index (κ3) is 4.71. The summed E-state index contributed by atoms with van der Waals surface area (Å²) in [7, 11) is 1.63. The summed E-state index contributed by atoms with van der Waals surface area (Å²) in [6.07, 6.45) is 1.60. The Hall–Kier alpha value is -2.04. The standard InChI is InChI=1S/C18H26N2O3/c1-18(2,3)23-17(22)20-11-9-14(10-12-20)13-5-7-15(8-6-13)16(21)19-4/h5-8,14H,9-12H2,1-4H3,(H,19,21). The van der Waals surface area contributed by atoms with Crippen LogP contribution in [0.5, 0.6) is 0 Å². The highest BCUT2D eigenvalue weighted by atomic mass is 16.6. The van der Waals surface area contributed by atoms with Gasteiger partial charge in [0.2, 0.25) is 0 Å². The molecule has 5 nitrogen and oxygen atoms in total.